The molecule has 0 atom stereocenters. The minimum Gasteiger partial charge on any atom is -0.404 e. The average molecular weight is 360 g/mol. The molecule has 0 fully saturated rings. The lowest BCUT2D eigenvalue weighted by Crippen LogP contribution is -2.12. The fraction of sp³-hybridized carbons (Fsp3) is 0.217. The molecule has 0 unspecified atom stereocenters. The molecule has 2 aromatic carbocycles. The maximum Gasteiger partial charge on any atom is 0.337 e. The van der Waals surface area contributed by atoms with Crippen molar-refractivity contribution >= 4 is 12.0 Å². The van der Waals surface area contributed by atoms with Crippen LogP contribution in [0.2, 0.25) is 0 Å². The Morgan fingerprint density at radius 1 is 1.04 bits per heavy atom. The summed E-state index contributed by atoms with van der Waals surface area (Å²) in [6.45, 7) is 8.26. The first-order valence-electron chi connectivity index (χ1n) is 8.95. The van der Waals surface area contributed by atoms with Crippen LogP contribution in [0.1, 0.15) is 37.6 Å². The van der Waals surface area contributed by atoms with Gasteiger partial charge in [-0.25, -0.2) is 9.48 Å². The van der Waals surface area contributed by atoms with Crippen molar-refractivity contribution in [3.8, 4) is 11.6 Å². The quantitative estimate of drug-likeness (QED) is 0.480. The SMILES string of the molecule is Cc1cccc(-n2nc(C(C)(C)C)cc2OC(=O)/C=C/c2ccccc2)c1. The Bertz CT molecular complexity index is 964. The molecule has 0 N–H and O–H groups in total. The summed E-state index contributed by atoms with van der Waals surface area (Å²) in [5, 5.41) is 4.68. The van der Waals surface area contributed by atoms with E-state index < -0.39 is 5.97 Å². The molecule has 1 heterocycles. The van der Waals surface area contributed by atoms with E-state index in [1.165, 1.54) is 6.08 Å². The molecule has 27 heavy (non-hydrogen) atoms. The maximum absolute atomic E-state index is 12.3. The van der Waals surface area contributed by atoms with Crippen molar-refractivity contribution in [2.24, 2.45) is 0 Å². The molecule has 138 valence electrons. The Balaban J connectivity index is 1.90. The van der Waals surface area contributed by atoms with Crippen LogP contribution in [0.4, 0.5) is 0 Å². The molecule has 0 aliphatic rings. The van der Waals surface area contributed by atoms with Crippen LogP contribution in [-0.2, 0) is 10.2 Å². The van der Waals surface area contributed by atoms with Crippen LogP contribution in [0.25, 0.3) is 11.8 Å². The van der Waals surface area contributed by atoms with Gasteiger partial charge in [0.25, 0.3) is 0 Å². The summed E-state index contributed by atoms with van der Waals surface area (Å²) in [6, 6.07) is 19.4. The predicted molar refractivity (Wildman–Crippen MR) is 108 cm³/mol. The molecule has 3 rings (SSSR count). The molecule has 4 nitrogen and oxygen atoms in total. The van der Waals surface area contributed by atoms with Gasteiger partial charge in [-0.3, -0.25) is 0 Å². The number of aromatic nitrogens is 2. The normalized spacial score (nSPS) is 11.7. The lowest BCUT2D eigenvalue weighted by molar-refractivity contribution is -0.129. The van der Waals surface area contributed by atoms with Crippen LogP contribution in [0.5, 0.6) is 5.88 Å². The zero-order chi connectivity index (χ0) is 19.4. The Hall–Kier alpha value is -3.14. The first-order valence-corrected chi connectivity index (χ1v) is 8.95. The van der Waals surface area contributed by atoms with E-state index in [4.69, 9.17) is 4.74 Å². The lowest BCUT2D eigenvalue weighted by Gasteiger charge is -2.14. The van der Waals surface area contributed by atoms with Crippen molar-refractivity contribution in [2.45, 2.75) is 33.1 Å². The highest BCUT2D eigenvalue weighted by atomic mass is 16.5. The number of esters is 1. The summed E-state index contributed by atoms with van der Waals surface area (Å²) in [4.78, 5) is 12.3. The highest BCUT2D eigenvalue weighted by molar-refractivity contribution is 5.88. The maximum atomic E-state index is 12.3. The van der Waals surface area contributed by atoms with Crippen molar-refractivity contribution < 1.29 is 9.53 Å². The number of carbonyl (C=O) groups excluding carboxylic acids is 1. The highest BCUT2D eigenvalue weighted by Gasteiger charge is 2.22. The van der Waals surface area contributed by atoms with Gasteiger partial charge in [0.15, 0.2) is 0 Å². The van der Waals surface area contributed by atoms with Gasteiger partial charge in [0.05, 0.1) is 11.4 Å². The highest BCUT2D eigenvalue weighted by Crippen LogP contribution is 2.28. The Kier molecular flexibility index (Phi) is 5.26. The fourth-order valence-electron chi connectivity index (χ4n) is 2.61. The third kappa shape index (κ3) is 4.73. The van der Waals surface area contributed by atoms with E-state index in [0.29, 0.717) is 5.88 Å². The number of hydrogen-bond donors (Lipinski definition) is 0. The van der Waals surface area contributed by atoms with Gasteiger partial charge in [-0.05, 0) is 36.3 Å². The number of benzene rings is 2. The van der Waals surface area contributed by atoms with E-state index in [0.717, 1.165) is 22.5 Å². The van der Waals surface area contributed by atoms with Crippen LogP contribution in [0.15, 0.2) is 66.7 Å². The molecule has 3 aromatic rings. The number of hydrogen-bond acceptors (Lipinski definition) is 3. The summed E-state index contributed by atoms with van der Waals surface area (Å²) in [7, 11) is 0. The largest absolute Gasteiger partial charge is 0.404 e. The molecule has 0 amide bonds. The van der Waals surface area contributed by atoms with Gasteiger partial charge >= 0.3 is 5.97 Å². The molecule has 1 aromatic heterocycles. The number of ether oxygens (including phenoxy) is 1. The third-order valence-electron chi connectivity index (χ3n) is 4.11. The fourth-order valence-corrected chi connectivity index (χ4v) is 2.61. The van der Waals surface area contributed by atoms with Gasteiger partial charge in [-0.1, -0.05) is 63.2 Å². The second-order valence-electron chi connectivity index (χ2n) is 7.53. The molecule has 0 radical (unpaired) electrons. The zero-order valence-corrected chi connectivity index (χ0v) is 16.1. The topological polar surface area (TPSA) is 44.1 Å². The first-order chi connectivity index (χ1) is 12.8. The molecule has 4 heteroatoms. The first kappa shape index (κ1) is 18.6. The predicted octanol–water partition coefficient (Wildman–Crippen LogP) is 5.10. The van der Waals surface area contributed by atoms with E-state index in [1.54, 1.807) is 10.8 Å². The van der Waals surface area contributed by atoms with Crippen molar-refractivity contribution in [1.29, 1.82) is 0 Å². The average Bonchev–Trinajstić information content (AvgIpc) is 3.05. The van der Waals surface area contributed by atoms with Gasteiger partial charge in [0.1, 0.15) is 0 Å². The Labute approximate surface area is 160 Å². The summed E-state index contributed by atoms with van der Waals surface area (Å²) in [5.74, 6) is -0.0265. The van der Waals surface area contributed by atoms with Crippen molar-refractivity contribution in [1.82, 2.24) is 9.78 Å². The van der Waals surface area contributed by atoms with Crippen molar-refractivity contribution in [3.05, 3.63) is 83.6 Å². The summed E-state index contributed by atoms with van der Waals surface area (Å²) in [5.41, 5.74) is 3.62. The summed E-state index contributed by atoms with van der Waals surface area (Å²) < 4.78 is 7.29. The molecule has 0 aliphatic heterocycles. The van der Waals surface area contributed by atoms with E-state index >= 15 is 0 Å². The monoisotopic (exact) mass is 360 g/mol. The van der Waals surface area contributed by atoms with Gasteiger partial charge in [0.2, 0.25) is 5.88 Å². The van der Waals surface area contributed by atoms with Gasteiger partial charge < -0.3 is 4.74 Å². The van der Waals surface area contributed by atoms with Crippen molar-refractivity contribution in [2.75, 3.05) is 0 Å². The molecule has 0 spiro atoms. The Morgan fingerprint density at radius 3 is 2.44 bits per heavy atom. The number of nitrogens with zero attached hydrogens (tertiary/aromatic N) is 2. The smallest absolute Gasteiger partial charge is 0.337 e. The summed E-state index contributed by atoms with van der Waals surface area (Å²) in [6.07, 6.45) is 3.17. The Morgan fingerprint density at radius 2 is 1.78 bits per heavy atom. The van der Waals surface area contributed by atoms with Crippen LogP contribution >= 0.6 is 0 Å². The molecule has 0 aliphatic carbocycles. The summed E-state index contributed by atoms with van der Waals surface area (Å²) >= 11 is 0. The van der Waals surface area contributed by atoms with Crippen LogP contribution in [0.3, 0.4) is 0 Å². The number of rotatable bonds is 4. The van der Waals surface area contributed by atoms with E-state index in [1.807, 2.05) is 67.6 Å². The van der Waals surface area contributed by atoms with Crippen LogP contribution in [-0.4, -0.2) is 15.7 Å². The second kappa shape index (κ2) is 7.62. The number of carbonyl (C=O) groups is 1. The van der Waals surface area contributed by atoms with Crippen LogP contribution < -0.4 is 4.74 Å². The minimum atomic E-state index is -0.437. The van der Waals surface area contributed by atoms with E-state index in [2.05, 4.69) is 25.9 Å². The van der Waals surface area contributed by atoms with Crippen LogP contribution in [0, 0.1) is 6.92 Å². The standard InChI is InChI=1S/C23H24N2O2/c1-17-9-8-12-19(15-17)25-21(16-20(24-25)23(2,3)4)27-22(26)14-13-18-10-6-5-7-11-18/h5-16H,1-4H3/b14-13+. The molecular formula is C23H24N2O2. The van der Waals surface area contributed by atoms with E-state index in [-0.39, 0.29) is 5.41 Å². The van der Waals surface area contributed by atoms with Gasteiger partial charge in [-0.2, -0.15) is 5.10 Å². The number of aryl methyl sites for hydroxylation is 1. The molecule has 0 bridgehead atoms. The van der Waals surface area contributed by atoms with Gasteiger partial charge in [0, 0.05) is 17.6 Å². The zero-order valence-electron chi connectivity index (χ0n) is 16.1. The van der Waals surface area contributed by atoms with E-state index in [9.17, 15) is 4.79 Å². The second-order valence-corrected chi connectivity index (χ2v) is 7.53. The molecule has 0 saturated heterocycles. The third-order valence-corrected chi connectivity index (χ3v) is 4.11. The van der Waals surface area contributed by atoms with Gasteiger partial charge in [-0.15, -0.1) is 0 Å². The molecular weight excluding hydrogens is 336 g/mol. The van der Waals surface area contributed by atoms with Crippen molar-refractivity contribution in [3.63, 3.8) is 0 Å². The lowest BCUT2D eigenvalue weighted by atomic mass is 9.93. The minimum absolute atomic E-state index is 0.157. The molecule has 0 saturated carbocycles.